The van der Waals surface area contributed by atoms with E-state index in [-0.39, 0.29) is 17.5 Å². The molecule has 0 radical (unpaired) electrons. The van der Waals surface area contributed by atoms with Crippen LogP contribution in [0.2, 0.25) is 0 Å². The summed E-state index contributed by atoms with van der Waals surface area (Å²) >= 11 is 0. The Bertz CT molecular complexity index is 1090. The largest absolute Gasteiger partial charge is 0.461 e. The van der Waals surface area contributed by atoms with E-state index >= 15 is 0 Å². The minimum atomic E-state index is -0.883. The lowest BCUT2D eigenvalue weighted by Gasteiger charge is -2.41. The van der Waals surface area contributed by atoms with Crippen molar-refractivity contribution in [3.8, 4) is 11.1 Å². The van der Waals surface area contributed by atoms with Gasteiger partial charge in [-0.1, -0.05) is 27.7 Å². The second-order valence-corrected chi connectivity index (χ2v) is 13.3. The van der Waals surface area contributed by atoms with Gasteiger partial charge >= 0.3 is 5.97 Å². The van der Waals surface area contributed by atoms with Crippen molar-refractivity contribution in [2.75, 3.05) is 18.0 Å². The number of esters is 1. The van der Waals surface area contributed by atoms with Crippen LogP contribution < -0.4 is 4.90 Å². The van der Waals surface area contributed by atoms with E-state index in [2.05, 4.69) is 43.6 Å². The Kier molecular flexibility index (Phi) is 9.62. The van der Waals surface area contributed by atoms with E-state index in [1.807, 2.05) is 60.1 Å². The first-order chi connectivity index (χ1) is 17.7. The van der Waals surface area contributed by atoms with Gasteiger partial charge in [-0.05, 0) is 90.2 Å². The Hall–Kier alpha value is -2.47. The number of piperidine rings is 1. The molecule has 1 saturated heterocycles. The fourth-order valence-electron chi connectivity index (χ4n) is 4.91. The molecule has 1 unspecified atom stereocenters. The molecule has 1 fully saturated rings. The van der Waals surface area contributed by atoms with Gasteiger partial charge in [0.05, 0.1) is 17.4 Å². The molecular formula is C32H49N3O3. The van der Waals surface area contributed by atoms with Crippen LogP contribution in [0.3, 0.4) is 0 Å². The Balaban J connectivity index is 2.22. The monoisotopic (exact) mass is 523 g/mol. The maximum atomic E-state index is 13.6. The third kappa shape index (κ3) is 8.02. The van der Waals surface area contributed by atoms with Crippen LogP contribution in [0.5, 0.6) is 0 Å². The molecule has 0 N–H and O–H groups in total. The summed E-state index contributed by atoms with van der Waals surface area (Å²) in [5, 5.41) is 0. The molecular weight excluding hydrogens is 474 g/mol. The van der Waals surface area contributed by atoms with Crippen molar-refractivity contribution in [1.82, 2.24) is 9.97 Å². The average Bonchev–Trinajstić information content (AvgIpc) is 2.80. The van der Waals surface area contributed by atoms with Gasteiger partial charge in [0.25, 0.3) is 0 Å². The molecule has 38 heavy (non-hydrogen) atoms. The highest BCUT2D eigenvalue weighted by molar-refractivity contribution is 5.87. The predicted molar refractivity (Wildman–Crippen MR) is 155 cm³/mol. The number of carbonyl (C=O) groups is 1. The van der Waals surface area contributed by atoms with Gasteiger partial charge in [0.2, 0.25) is 0 Å². The van der Waals surface area contributed by atoms with E-state index in [4.69, 9.17) is 14.5 Å². The third-order valence-electron chi connectivity index (χ3n) is 7.14. The molecule has 1 atom stereocenters. The van der Waals surface area contributed by atoms with Gasteiger partial charge in [0.15, 0.2) is 6.10 Å². The van der Waals surface area contributed by atoms with Crippen LogP contribution in [0.4, 0.5) is 5.69 Å². The second kappa shape index (κ2) is 12.1. The van der Waals surface area contributed by atoms with Crippen molar-refractivity contribution >= 4 is 11.7 Å². The molecule has 6 nitrogen and oxygen atoms in total. The normalized spacial score (nSPS) is 16.7. The number of carbonyl (C=O) groups excluding carboxylic acids is 1. The summed E-state index contributed by atoms with van der Waals surface area (Å²) < 4.78 is 12.2. The fourth-order valence-corrected chi connectivity index (χ4v) is 4.91. The van der Waals surface area contributed by atoms with E-state index in [1.54, 1.807) is 0 Å². The summed E-state index contributed by atoms with van der Waals surface area (Å²) in [4.78, 5) is 25.4. The first-order valence-corrected chi connectivity index (χ1v) is 14.2. The van der Waals surface area contributed by atoms with Crippen molar-refractivity contribution in [2.24, 2.45) is 11.3 Å². The smallest absolute Gasteiger partial charge is 0.340 e. The molecule has 0 saturated carbocycles. The topological polar surface area (TPSA) is 64.5 Å². The van der Waals surface area contributed by atoms with Gasteiger partial charge in [-0.15, -0.1) is 0 Å². The number of pyridine rings is 2. The number of hydrogen-bond acceptors (Lipinski definition) is 6. The molecule has 1 aliphatic heterocycles. The Labute approximate surface area is 230 Å². The third-order valence-corrected chi connectivity index (χ3v) is 7.14. The Morgan fingerprint density at radius 3 is 2.32 bits per heavy atom. The number of anilines is 1. The molecule has 2 aromatic rings. The molecule has 210 valence electrons. The molecule has 6 heteroatoms. The lowest BCUT2D eigenvalue weighted by Crippen LogP contribution is -2.39. The summed E-state index contributed by atoms with van der Waals surface area (Å²) in [6, 6.07) is 2.23. The highest BCUT2D eigenvalue weighted by Gasteiger charge is 2.37. The summed E-state index contributed by atoms with van der Waals surface area (Å²) in [5.74, 6) is 0.250. The number of ether oxygens (including phenoxy) is 2. The second-order valence-electron chi connectivity index (χ2n) is 13.3. The summed E-state index contributed by atoms with van der Waals surface area (Å²) in [7, 11) is 0. The lowest BCUT2D eigenvalue weighted by atomic mass is 9.82. The molecule has 0 aliphatic carbocycles. The Morgan fingerprint density at radius 2 is 1.74 bits per heavy atom. The average molecular weight is 524 g/mol. The van der Waals surface area contributed by atoms with Crippen LogP contribution in [0, 0.1) is 18.3 Å². The van der Waals surface area contributed by atoms with Crippen LogP contribution in [-0.2, 0) is 20.7 Å². The van der Waals surface area contributed by atoms with E-state index in [0.29, 0.717) is 5.92 Å². The highest BCUT2D eigenvalue weighted by Crippen LogP contribution is 2.43. The molecule has 3 heterocycles. The highest BCUT2D eigenvalue weighted by atomic mass is 16.6. The fraction of sp³-hybridized carbons (Fsp3) is 0.656. The van der Waals surface area contributed by atoms with Gasteiger partial charge in [-0.25, -0.2) is 4.79 Å². The SMILES string of the molecule is Cc1ncc(-c2cncc(CCC(C)C)c2)c(N2CCC(C)(C)CC2)c1C(OC(C)(C)C)C(=O)OC(C)C. The molecule has 1 aliphatic rings. The van der Waals surface area contributed by atoms with Crippen LogP contribution in [0.25, 0.3) is 11.1 Å². The van der Waals surface area contributed by atoms with Crippen molar-refractivity contribution in [3.63, 3.8) is 0 Å². The quantitative estimate of drug-likeness (QED) is 0.318. The molecule has 0 bridgehead atoms. The molecule has 0 amide bonds. The number of nitrogens with zero attached hydrogens (tertiary/aromatic N) is 3. The summed E-state index contributed by atoms with van der Waals surface area (Å²) in [5.41, 5.74) is 5.56. The Morgan fingerprint density at radius 1 is 1.08 bits per heavy atom. The molecule has 0 spiro atoms. The number of rotatable bonds is 9. The number of hydrogen-bond donors (Lipinski definition) is 0. The van der Waals surface area contributed by atoms with Crippen LogP contribution in [0.1, 0.15) is 105 Å². The standard InChI is InChI=1S/C32H49N3O3/c1-21(2)11-12-24-17-25(19-33-18-24)26-20-34-23(5)27(28(26)35-15-13-32(9,10)14-16-35)29(38-31(6,7)8)30(36)37-22(3)4/h17-22,29H,11-16H2,1-10H3. The zero-order valence-electron chi connectivity index (χ0n) is 25.4. The lowest BCUT2D eigenvalue weighted by molar-refractivity contribution is -0.171. The van der Waals surface area contributed by atoms with E-state index in [9.17, 15) is 4.79 Å². The van der Waals surface area contributed by atoms with E-state index in [1.165, 1.54) is 5.56 Å². The zero-order valence-corrected chi connectivity index (χ0v) is 25.4. The molecule has 2 aromatic heterocycles. The number of aryl methyl sites for hydroxylation is 2. The van der Waals surface area contributed by atoms with Gasteiger partial charge < -0.3 is 14.4 Å². The van der Waals surface area contributed by atoms with Gasteiger partial charge in [0, 0.05) is 54.1 Å². The van der Waals surface area contributed by atoms with Crippen molar-refractivity contribution in [2.45, 2.75) is 113 Å². The van der Waals surface area contributed by atoms with Gasteiger partial charge in [-0.3, -0.25) is 9.97 Å². The first kappa shape index (κ1) is 30.1. The summed E-state index contributed by atoms with van der Waals surface area (Å²) in [6.45, 7) is 22.6. The van der Waals surface area contributed by atoms with Crippen molar-refractivity contribution in [1.29, 1.82) is 0 Å². The summed E-state index contributed by atoms with van der Waals surface area (Å²) in [6.07, 6.45) is 8.93. The van der Waals surface area contributed by atoms with Crippen LogP contribution >= 0.6 is 0 Å². The number of aromatic nitrogens is 2. The maximum Gasteiger partial charge on any atom is 0.340 e. The minimum absolute atomic E-state index is 0.244. The van der Waals surface area contributed by atoms with Crippen molar-refractivity contribution in [3.05, 3.63) is 41.5 Å². The molecule has 3 rings (SSSR count). The van der Waals surface area contributed by atoms with Crippen LogP contribution in [0.15, 0.2) is 24.7 Å². The van der Waals surface area contributed by atoms with Gasteiger partial charge in [0.1, 0.15) is 0 Å². The van der Waals surface area contributed by atoms with E-state index in [0.717, 1.165) is 66.8 Å². The first-order valence-electron chi connectivity index (χ1n) is 14.2. The minimum Gasteiger partial charge on any atom is -0.461 e. The molecule has 0 aromatic carbocycles. The van der Waals surface area contributed by atoms with E-state index < -0.39 is 11.7 Å². The van der Waals surface area contributed by atoms with Crippen LogP contribution in [-0.4, -0.2) is 40.7 Å². The maximum absolute atomic E-state index is 13.6. The zero-order chi connectivity index (χ0) is 28.3. The van der Waals surface area contributed by atoms with Gasteiger partial charge in [-0.2, -0.15) is 0 Å². The van der Waals surface area contributed by atoms with Crippen molar-refractivity contribution < 1.29 is 14.3 Å². The predicted octanol–water partition coefficient (Wildman–Crippen LogP) is 7.47.